The summed E-state index contributed by atoms with van der Waals surface area (Å²) in [5.41, 5.74) is 0.484. The Hall–Kier alpha value is -3.34. The summed E-state index contributed by atoms with van der Waals surface area (Å²) < 4.78 is 0. The number of fused-ring (bicyclic) bond motifs is 1. The van der Waals surface area contributed by atoms with E-state index in [2.05, 4.69) is 10.5 Å². The third-order valence-electron chi connectivity index (χ3n) is 4.53. The number of oxime groups is 1. The van der Waals surface area contributed by atoms with Crippen LogP contribution in [0.3, 0.4) is 0 Å². The Morgan fingerprint density at radius 1 is 1.30 bits per heavy atom. The number of aliphatic carboxylic acids is 1. The van der Waals surface area contributed by atoms with E-state index in [1.54, 1.807) is 19.1 Å². The van der Waals surface area contributed by atoms with E-state index >= 15 is 0 Å². The molecule has 2 aliphatic rings. The van der Waals surface area contributed by atoms with Crippen molar-refractivity contribution in [3.8, 4) is 0 Å². The summed E-state index contributed by atoms with van der Waals surface area (Å²) in [4.78, 5) is 54.0. The second kappa shape index (κ2) is 8.99. The van der Waals surface area contributed by atoms with Crippen LogP contribution in [0.25, 0.3) is 0 Å². The lowest BCUT2D eigenvalue weighted by Crippen LogP contribution is -2.70. The number of thioether (sulfide) groups is 1. The topological polar surface area (TPSA) is 146 Å². The van der Waals surface area contributed by atoms with Gasteiger partial charge in [0.2, 0.25) is 5.91 Å². The molecule has 1 aromatic carbocycles. The smallest absolute Gasteiger partial charge is 0.353 e. The standard InChI is InChI=1S/C19H19N3O7S/c1-2-29-20-8-11-9-30-17-14(16(24)22(17)15(11)19(27)28)21-13(23)7-10-5-3-4-6-12(10)18(25)26/h3-6,8,14,17H,2,7,9H2,1H3,(H,21,23)(H,25,26)(H,27,28)/b20-8+/t14-,17-/m1/s1. The number of carbonyl (C=O) groups excluding carboxylic acids is 2. The van der Waals surface area contributed by atoms with Crippen LogP contribution in [0.4, 0.5) is 0 Å². The summed E-state index contributed by atoms with van der Waals surface area (Å²) >= 11 is 1.30. The van der Waals surface area contributed by atoms with E-state index < -0.39 is 35.2 Å². The molecule has 1 saturated heterocycles. The Bertz CT molecular complexity index is 959. The Balaban J connectivity index is 1.72. The fourth-order valence-corrected chi connectivity index (χ4v) is 4.50. The molecule has 0 bridgehead atoms. The molecular formula is C19H19N3O7S. The highest BCUT2D eigenvalue weighted by Gasteiger charge is 2.54. The van der Waals surface area contributed by atoms with Crippen LogP contribution in [-0.2, 0) is 25.6 Å². The van der Waals surface area contributed by atoms with Gasteiger partial charge in [-0.05, 0) is 18.6 Å². The van der Waals surface area contributed by atoms with E-state index in [1.165, 1.54) is 30.1 Å². The summed E-state index contributed by atoms with van der Waals surface area (Å²) in [6.07, 6.45) is 1.07. The van der Waals surface area contributed by atoms with Crippen molar-refractivity contribution < 1.29 is 34.2 Å². The first-order valence-electron chi connectivity index (χ1n) is 9.02. The van der Waals surface area contributed by atoms with Gasteiger partial charge in [0.05, 0.1) is 18.2 Å². The van der Waals surface area contributed by atoms with E-state index in [4.69, 9.17) is 4.84 Å². The summed E-state index contributed by atoms with van der Waals surface area (Å²) in [5, 5.41) is 24.5. The average Bonchev–Trinajstić information content (AvgIpc) is 2.71. The van der Waals surface area contributed by atoms with Crippen LogP contribution >= 0.6 is 11.8 Å². The highest BCUT2D eigenvalue weighted by molar-refractivity contribution is 8.00. The molecule has 3 rings (SSSR count). The highest BCUT2D eigenvalue weighted by atomic mass is 32.2. The van der Waals surface area contributed by atoms with Crippen molar-refractivity contribution in [1.29, 1.82) is 0 Å². The van der Waals surface area contributed by atoms with E-state index in [0.29, 0.717) is 17.7 Å². The van der Waals surface area contributed by atoms with Crippen molar-refractivity contribution in [1.82, 2.24) is 10.2 Å². The lowest BCUT2D eigenvalue weighted by atomic mass is 10.0. The molecule has 0 unspecified atom stereocenters. The minimum Gasteiger partial charge on any atom is -0.478 e. The molecule has 1 aromatic rings. The highest BCUT2D eigenvalue weighted by Crippen LogP contribution is 2.39. The van der Waals surface area contributed by atoms with Gasteiger partial charge in [-0.1, -0.05) is 23.4 Å². The number of aromatic carboxylic acids is 1. The molecule has 2 amide bonds. The number of nitrogens with zero attached hydrogens (tertiary/aromatic N) is 2. The van der Waals surface area contributed by atoms with Gasteiger partial charge in [0.1, 0.15) is 23.7 Å². The molecule has 0 aromatic heterocycles. The molecule has 158 valence electrons. The Labute approximate surface area is 175 Å². The number of nitrogens with one attached hydrogen (secondary N) is 1. The maximum Gasteiger partial charge on any atom is 0.353 e. The van der Waals surface area contributed by atoms with Gasteiger partial charge in [-0.3, -0.25) is 14.5 Å². The number of carbonyl (C=O) groups is 4. The predicted octanol–water partition coefficient (Wildman–Crippen LogP) is 0.688. The van der Waals surface area contributed by atoms with Crippen LogP contribution in [0.15, 0.2) is 40.7 Å². The van der Waals surface area contributed by atoms with Gasteiger partial charge < -0.3 is 20.4 Å². The minimum atomic E-state index is -1.27. The van der Waals surface area contributed by atoms with Gasteiger partial charge in [0, 0.05) is 11.3 Å². The lowest BCUT2D eigenvalue weighted by Gasteiger charge is -2.49. The first kappa shape index (κ1) is 21.4. The molecule has 0 aliphatic carbocycles. The van der Waals surface area contributed by atoms with Crippen molar-refractivity contribution in [2.45, 2.75) is 24.8 Å². The maximum absolute atomic E-state index is 12.6. The number of hydrogen-bond acceptors (Lipinski definition) is 7. The number of amides is 2. The van der Waals surface area contributed by atoms with Gasteiger partial charge in [0.25, 0.3) is 5.91 Å². The molecule has 0 saturated carbocycles. The predicted molar refractivity (Wildman–Crippen MR) is 107 cm³/mol. The lowest BCUT2D eigenvalue weighted by molar-refractivity contribution is -0.150. The molecular weight excluding hydrogens is 414 g/mol. The fraction of sp³-hybridized carbons (Fsp3) is 0.316. The van der Waals surface area contributed by atoms with Gasteiger partial charge >= 0.3 is 11.9 Å². The summed E-state index contributed by atoms with van der Waals surface area (Å²) in [6, 6.07) is 5.22. The number of β-lactam (4-membered cyclic amide) rings is 1. The molecule has 2 heterocycles. The molecule has 30 heavy (non-hydrogen) atoms. The molecule has 2 aliphatic heterocycles. The van der Waals surface area contributed by atoms with Gasteiger partial charge in [-0.2, -0.15) is 0 Å². The van der Waals surface area contributed by atoms with Crippen molar-refractivity contribution in [3.63, 3.8) is 0 Å². The molecule has 3 N–H and O–H groups in total. The molecule has 0 radical (unpaired) electrons. The first-order chi connectivity index (χ1) is 14.3. The average molecular weight is 433 g/mol. The first-order valence-corrected chi connectivity index (χ1v) is 10.1. The van der Waals surface area contributed by atoms with E-state index in [1.807, 2.05) is 0 Å². The third-order valence-corrected chi connectivity index (χ3v) is 5.83. The second-order valence-electron chi connectivity index (χ2n) is 6.43. The number of carboxylic acids is 2. The van der Waals surface area contributed by atoms with Crippen LogP contribution in [0.2, 0.25) is 0 Å². The summed E-state index contributed by atoms with van der Waals surface area (Å²) in [5.74, 6) is -3.21. The number of benzene rings is 1. The molecule has 2 atom stereocenters. The second-order valence-corrected chi connectivity index (χ2v) is 7.53. The van der Waals surface area contributed by atoms with Crippen molar-refractivity contribution in [3.05, 3.63) is 46.7 Å². The van der Waals surface area contributed by atoms with Gasteiger partial charge in [0.15, 0.2) is 0 Å². The SMILES string of the molecule is CCO/N=C/C1=C(C(=O)O)N2C(=O)[C@@H](NC(=O)Cc3ccccc3C(=O)O)[C@H]2SC1. The number of carboxylic acid groups (broad SMARTS) is 2. The Kier molecular flexibility index (Phi) is 6.40. The quantitative estimate of drug-likeness (QED) is 0.308. The summed E-state index contributed by atoms with van der Waals surface area (Å²) in [6.45, 7) is 2.06. The Morgan fingerprint density at radius 2 is 2.03 bits per heavy atom. The molecule has 11 heteroatoms. The van der Waals surface area contributed by atoms with Crippen LogP contribution < -0.4 is 5.32 Å². The molecule has 0 spiro atoms. The van der Waals surface area contributed by atoms with Crippen LogP contribution in [-0.4, -0.2) is 68.9 Å². The van der Waals surface area contributed by atoms with E-state index in [-0.39, 0.29) is 23.4 Å². The normalized spacial score (nSPS) is 20.6. The van der Waals surface area contributed by atoms with Crippen molar-refractivity contribution in [2.24, 2.45) is 5.16 Å². The van der Waals surface area contributed by atoms with Crippen LogP contribution in [0.1, 0.15) is 22.8 Å². The van der Waals surface area contributed by atoms with Crippen molar-refractivity contribution >= 4 is 41.7 Å². The van der Waals surface area contributed by atoms with Gasteiger partial charge in [-0.15, -0.1) is 11.8 Å². The monoisotopic (exact) mass is 433 g/mol. The zero-order valence-corrected chi connectivity index (χ0v) is 16.7. The largest absolute Gasteiger partial charge is 0.478 e. The zero-order valence-electron chi connectivity index (χ0n) is 15.9. The Morgan fingerprint density at radius 3 is 2.70 bits per heavy atom. The van der Waals surface area contributed by atoms with E-state index in [0.717, 1.165) is 4.90 Å². The molecule has 10 nitrogen and oxygen atoms in total. The van der Waals surface area contributed by atoms with Crippen molar-refractivity contribution in [2.75, 3.05) is 12.4 Å². The maximum atomic E-state index is 12.6. The summed E-state index contributed by atoms with van der Waals surface area (Å²) in [7, 11) is 0. The minimum absolute atomic E-state index is 0.00979. The molecule has 1 fully saturated rings. The zero-order chi connectivity index (χ0) is 21.8. The number of hydrogen-bond donors (Lipinski definition) is 3. The van der Waals surface area contributed by atoms with Crippen LogP contribution in [0.5, 0.6) is 0 Å². The van der Waals surface area contributed by atoms with Gasteiger partial charge in [-0.25, -0.2) is 9.59 Å². The van der Waals surface area contributed by atoms with Crippen LogP contribution in [0, 0.1) is 0 Å². The van der Waals surface area contributed by atoms with E-state index in [9.17, 15) is 29.4 Å². The third kappa shape index (κ3) is 4.15. The number of rotatable bonds is 8. The fourth-order valence-electron chi connectivity index (χ4n) is 3.20.